The Morgan fingerprint density at radius 1 is 1.14 bits per heavy atom. The third-order valence-electron chi connectivity index (χ3n) is 5.51. The van der Waals surface area contributed by atoms with Crippen molar-refractivity contribution in [2.45, 2.75) is 19.3 Å². The third-order valence-corrected chi connectivity index (χ3v) is 5.76. The first-order valence-corrected chi connectivity index (χ1v) is 10.4. The van der Waals surface area contributed by atoms with E-state index in [1.54, 1.807) is 4.90 Å². The Morgan fingerprint density at radius 2 is 1.97 bits per heavy atom. The van der Waals surface area contributed by atoms with Gasteiger partial charge in [-0.3, -0.25) is 9.59 Å². The number of hydrogen-bond acceptors (Lipinski definition) is 2. The monoisotopic (exact) mass is 409 g/mol. The smallest absolute Gasteiger partial charge is 0.253 e. The fourth-order valence-electron chi connectivity index (χ4n) is 3.86. The number of aromatic nitrogens is 1. The van der Waals surface area contributed by atoms with Crippen molar-refractivity contribution in [3.05, 3.63) is 70.9 Å². The van der Waals surface area contributed by atoms with Gasteiger partial charge < -0.3 is 15.2 Å². The van der Waals surface area contributed by atoms with E-state index in [9.17, 15) is 9.59 Å². The lowest BCUT2D eigenvalue weighted by molar-refractivity contribution is -0.126. The molecule has 2 aromatic carbocycles. The zero-order valence-corrected chi connectivity index (χ0v) is 16.9. The van der Waals surface area contributed by atoms with Gasteiger partial charge in [-0.1, -0.05) is 29.8 Å². The molecule has 5 nitrogen and oxygen atoms in total. The Morgan fingerprint density at radius 3 is 2.79 bits per heavy atom. The number of halogens is 1. The van der Waals surface area contributed by atoms with Gasteiger partial charge in [0.05, 0.1) is 5.92 Å². The summed E-state index contributed by atoms with van der Waals surface area (Å²) < 4.78 is 0. The number of fused-ring (bicyclic) bond motifs is 1. The second-order valence-electron chi connectivity index (χ2n) is 7.54. The Bertz CT molecular complexity index is 1010. The van der Waals surface area contributed by atoms with E-state index >= 15 is 0 Å². The number of benzene rings is 2. The fourth-order valence-corrected chi connectivity index (χ4v) is 3.99. The van der Waals surface area contributed by atoms with Gasteiger partial charge in [0, 0.05) is 41.9 Å². The second-order valence-corrected chi connectivity index (χ2v) is 7.97. The maximum Gasteiger partial charge on any atom is 0.253 e. The molecule has 0 radical (unpaired) electrons. The first-order valence-electron chi connectivity index (χ1n) is 9.99. The minimum Gasteiger partial charge on any atom is -0.361 e. The average molecular weight is 410 g/mol. The summed E-state index contributed by atoms with van der Waals surface area (Å²) in [7, 11) is 0. The van der Waals surface area contributed by atoms with E-state index in [0.717, 1.165) is 35.7 Å². The van der Waals surface area contributed by atoms with Crippen molar-refractivity contribution in [2.75, 3.05) is 19.6 Å². The molecule has 1 aromatic heterocycles. The number of carbonyl (C=O) groups is 2. The molecule has 0 unspecified atom stereocenters. The van der Waals surface area contributed by atoms with E-state index in [4.69, 9.17) is 11.6 Å². The molecule has 1 aliphatic heterocycles. The molecule has 150 valence electrons. The quantitative estimate of drug-likeness (QED) is 0.668. The first kappa shape index (κ1) is 19.5. The van der Waals surface area contributed by atoms with Crippen molar-refractivity contribution in [1.29, 1.82) is 0 Å². The lowest BCUT2D eigenvalue weighted by Crippen LogP contribution is -2.45. The van der Waals surface area contributed by atoms with Crippen LogP contribution in [-0.4, -0.2) is 41.3 Å². The van der Waals surface area contributed by atoms with E-state index < -0.39 is 0 Å². The molecule has 2 N–H and O–H groups in total. The van der Waals surface area contributed by atoms with Crippen LogP contribution in [0.5, 0.6) is 0 Å². The van der Waals surface area contributed by atoms with E-state index in [0.29, 0.717) is 30.2 Å². The SMILES string of the molecule is O=C(NCCc1ccc(Cl)cc1)[C@H]1CCCN(C(=O)c2ccc3cc[nH]c3c2)C1. The predicted molar refractivity (Wildman–Crippen MR) is 115 cm³/mol. The number of rotatable bonds is 5. The van der Waals surface area contributed by atoms with Crippen molar-refractivity contribution < 1.29 is 9.59 Å². The van der Waals surface area contributed by atoms with Crippen molar-refractivity contribution in [3.8, 4) is 0 Å². The number of nitrogens with one attached hydrogen (secondary N) is 2. The maximum atomic E-state index is 12.9. The van der Waals surface area contributed by atoms with Gasteiger partial charge in [0.25, 0.3) is 5.91 Å². The van der Waals surface area contributed by atoms with Crippen LogP contribution in [0.15, 0.2) is 54.7 Å². The molecule has 2 amide bonds. The zero-order valence-electron chi connectivity index (χ0n) is 16.2. The molecule has 4 rings (SSSR count). The topological polar surface area (TPSA) is 65.2 Å². The van der Waals surface area contributed by atoms with Crippen LogP contribution in [0, 0.1) is 5.92 Å². The summed E-state index contributed by atoms with van der Waals surface area (Å²) in [6.45, 7) is 1.74. The zero-order chi connectivity index (χ0) is 20.2. The molecule has 0 bridgehead atoms. The number of amides is 2. The van der Waals surface area contributed by atoms with Crippen LogP contribution in [0.3, 0.4) is 0 Å². The number of likely N-dealkylation sites (tertiary alicyclic amines) is 1. The highest BCUT2D eigenvalue weighted by Gasteiger charge is 2.28. The maximum absolute atomic E-state index is 12.9. The highest BCUT2D eigenvalue weighted by atomic mass is 35.5. The number of nitrogens with zero attached hydrogens (tertiary/aromatic N) is 1. The lowest BCUT2D eigenvalue weighted by Gasteiger charge is -2.32. The third kappa shape index (κ3) is 4.62. The molecule has 1 aliphatic rings. The molecular weight excluding hydrogens is 386 g/mol. The molecule has 3 aromatic rings. The van der Waals surface area contributed by atoms with Crippen molar-refractivity contribution >= 4 is 34.3 Å². The normalized spacial score (nSPS) is 16.7. The fraction of sp³-hybridized carbons (Fsp3) is 0.304. The molecule has 29 heavy (non-hydrogen) atoms. The standard InChI is InChI=1S/C23H24ClN3O2/c24-20-7-3-16(4-8-20)9-11-26-22(28)19-2-1-13-27(15-19)23(29)18-6-5-17-10-12-25-21(17)14-18/h3-8,10,12,14,19,25H,1-2,9,11,13,15H2,(H,26,28)/t19-/m0/s1. The molecule has 0 aliphatic carbocycles. The van der Waals surface area contributed by atoms with Crippen molar-refractivity contribution in [3.63, 3.8) is 0 Å². The molecule has 2 heterocycles. The number of hydrogen-bond donors (Lipinski definition) is 2. The average Bonchev–Trinajstić information content (AvgIpc) is 3.22. The van der Waals surface area contributed by atoms with Crippen molar-refractivity contribution in [2.24, 2.45) is 5.92 Å². The molecule has 0 saturated carbocycles. The first-order chi connectivity index (χ1) is 14.1. The van der Waals surface area contributed by atoms with Crippen molar-refractivity contribution in [1.82, 2.24) is 15.2 Å². The Labute approximate surface area is 175 Å². The van der Waals surface area contributed by atoms with Gasteiger partial charge in [0.2, 0.25) is 5.91 Å². The number of carbonyl (C=O) groups excluding carboxylic acids is 2. The largest absolute Gasteiger partial charge is 0.361 e. The second kappa shape index (κ2) is 8.70. The summed E-state index contributed by atoms with van der Waals surface area (Å²) in [5, 5.41) is 4.81. The summed E-state index contributed by atoms with van der Waals surface area (Å²) in [4.78, 5) is 30.5. The van der Waals surface area contributed by atoms with Gasteiger partial charge in [-0.05, 0) is 60.5 Å². The minimum absolute atomic E-state index is 0.0137. The van der Waals surface area contributed by atoms with E-state index in [1.807, 2.05) is 54.7 Å². The van der Waals surface area contributed by atoms with Gasteiger partial charge >= 0.3 is 0 Å². The highest BCUT2D eigenvalue weighted by Crippen LogP contribution is 2.21. The van der Waals surface area contributed by atoms with Gasteiger partial charge in [0.1, 0.15) is 0 Å². The Hall–Kier alpha value is -2.79. The summed E-state index contributed by atoms with van der Waals surface area (Å²) in [5.41, 5.74) is 2.74. The highest BCUT2D eigenvalue weighted by molar-refractivity contribution is 6.30. The van der Waals surface area contributed by atoms with Crippen LogP contribution in [0.1, 0.15) is 28.8 Å². The summed E-state index contributed by atoms with van der Waals surface area (Å²) in [5.74, 6) is -0.149. The summed E-state index contributed by atoms with van der Waals surface area (Å²) in [6.07, 6.45) is 4.27. The molecule has 1 saturated heterocycles. The van der Waals surface area contributed by atoms with Gasteiger partial charge in [0.15, 0.2) is 0 Å². The van der Waals surface area contributed by atoms with E-state index in [1.165, 1.54) is 0 Å². The molecule has 0 spiro atoms. The Kier molecular flexibility index (Phi) is 5.86. The molecular formula is C23H24ClN3O2. The summed E-state index contributed by atoms with van der Waals surface area (Å²) in [6, 6.07) is 15.3. The van der Waals surface area contributed by atoms with Crippen LogP contribution < -0.4 is 5.32 Å². The number of H-pyrrole nitrogens is 1. The van der Waals surface area contributed by atoms with Gasteiger partial charge in [-0.15, -0.1) is 0 Å². The van der Waals surface area contributed by atoms with Crippen LogP contribution in [0.2, 0.25) is 5.02 Å². The van der Waals surface area contributed by atoms with Crippen LogP contribution in [0.4, 0.5) is 0 Å². The van der Waals surface area contributed by atoms with Gasteiger partial charge in [-0.2, -0.15) is 0 Å². The predicted octanol–water partition coefficient (Wildman–Crippen LogP) is 4.03. The minimum atomic E-state index is -0.160. The van der Waals surface area contributed by atoms with Crippen LogP contribution in [-0.2, 0) is 11.2 Å². The summed E-state index contributed by atoms with van der Waals surface area (Å²) >= 11 is 5.90. The lowest BCUT2D eigenvalue weighted by atomic mass is 9.96. The van der Waals surface area contributed by atoms with Gasteiger partial charge in [-0.25, -0.2) is 0 Å². The van der Waals surface area contributed by atoms with Crippen LogP contribution in [0.25, 0.3) is 10.9 Å². The number of piperidine rings is 1. The molecule has 1 atom stereocenters. The molecule has 6 heteroatoms. The molecule has 1 fully saturated rings. The number of aromatic amines is 1. The van der Waals surface area contributed by atoms with E-state index in [-0.39, 0.29) is 17.7 Å². The van der Waals surface area contributed by atoms with E-state index in [2.05, 4.69) is 10.3 Å². The van der Waals surface area contributed by atoms with Crippen LogP contribution >= 0.6 is 11.6 Å². The Balaban J connectivity index is 1.32.